The van der Waals surface area contributed by atoms with Crippen LogP contribution in [0.3, 0.4) is 0 Å². The van der Waals surface area contributed by atoms with Crippen molar-refractivity contribution in [2.75, 3.05) is 11.9 Å². The molecule has 0 spiro atoms. The molecule has 3 N–H and O–H groups in total. The number of primary amides is 1. The normalized spacial score (nSPS) is 13.7. The average molecular weight is 572 g/mol. The number of halogens is 2. The van der Waals surface area contributed by atoms with Crippen molar-refractivity contribution in [2.24, 2.45) is 5.73 Å². The van der Waals surface area contributed by atoms with E-state index in [1.165, 1.54) is 11.1 Å². The highest BCUT2D eigenvalue weighted by Gasteiger charge is 2.30. The maximum atomic E-state index is 15.8. The predicted octanol–water partition coefficient (Wildman–Crippen LogP) is 7.29. The van der Waals surface area contributed by atoms with Gasteiger partial charge in [0.1, 0.15) is 11.6 Å². The van der Waals surface area contributed by atoms with Gasteiger partial charge in [0, 0.05) is 43.2 Å². The summed E-state index contributed by atoms with van der Waals surface area (Å²) in [6.45, 7) is 12.9. The lowest BCUT2D eigenvalue weighted by Crippen LogP contribution is -2.30. The maximum Gasteiger partial charge on any atom is 0.316 e. The van der Waals surface area contributed by atoms with Crippen molar-refractivity contribution in [3.8, 4) is 16.9 Å². The number of aryl methyl sites for hydroxylation is 2. The van der Waals surface area contributed by atoms with Crippen molar-refractivity contribution < 1.29 is 13.6 Å². The van der Waals surface area contributed by atoms with Gasteiger partial charge in [-0.1, -0.05) is 77.1 Å². The molecule has 0 unspecified atom stereocenters. The summed E-state index contributed by atoms with van der Waals surface area (Å²) < 4.78 is 32.9. The summed E-state index contributed by atoms with van der Waals surface area (Å²) >= 11 is 0. The molecule has 1 aliphatic heterocycles. The number of para-hydroxylation sites is 1. The van der Waals surface area contributed by atoms with Crippen molar-refractivity contribution in [2.45, 2.75) is 72.4 Å². The summed E-state index contributed by atoms with van der Waals surface area (Å²) in [5, 5.41) is 7.22. The lowest BCUT2D eigenvalue weighted by atomic mass is 9.86. The molecule has 3 aromatic carbocycles. The van der Waals surface area contributed by atoms with E-state index in [1.54, 1.807) is 0 Å². The highest BCUT2D eigenvalue weighted by Crippen LogP contribution is 2.38. The highest BCUT2D eigenvalue weighted by molar-refractivity contribution is 5.88. The molecular weight excluding hydrogens is 532 g/mol. The number of carbonyl (C=O) groups is 1. The van der Waals surface area contributed by atoms with E-state index in [2.05, 4.69) is 81.2 Å². The van der Waals surface area contributed by atoms with Crippen LogP contribution in [0.2, 0.25) is 0 Å². The number of hydrogen-bond acceptors (Lipinski definition) is 3. The molecule has 6 nitrogen and oxygen atoms in total. The number of fused-ring (bicyclic) bond motifs is 1. The smallest absolute Gasteiger partial charge is 0.316 e. The van der Waals surface area contributed by atoms with E-state index in [0.717, 1.165) is 66.1 Å². The first kappa shape index (κ1) is 29.5. The van der Waals surface area contributed by atoms with Crippen LogP contribution in [0.25, 0.3) is 16.9 Å². The molecule has 220 valence electrons. The van der Waals surface area contributed by atoms with Crippen LogP contribution in [0, 0.1) is 11.6 Å². The van der Waals surface area contributed by atoms with Gasteiger partial charge in [-0.2, -0.15) is 5.10 Å². The number of carbonyl (C=O) groups excluding carboxylic acids is 1. The lowest BCUT2D eigenvalue weighted by Gasteiger charge is -2.27. The number of rotatable bonds is 7. The first-order valence-corrected chi connectivity index (χ1v) is 14.6. The summed E-state index contributed by atoms with van der Waals surface area (Å²) in [7, 11) is 0. The summed E-state index contributed by atoms with van der Waals surface area (Å²) in [4.78, 5) is 13.7. The van der Waals surface area contributed by atoms with Crippen molar-refractivity contribution in [1.29, 1.82) is 0 Å². The Morgan fingerprint density at radius 2 is 1.67 bits per heavy atom. The minimum absolute atomic E-state index is 0.0794. The largest absolute Gasteiger partial charge is 0.351 e. The molecule has 2 heterocycles. The van der Waals surface area contributed by atoms with Gasteiger partial charge in [0.25, 0.3) is 0 Å². The second-order valence-electron chi connectivity index (χ2n) is 12.0. The average Bonchev–Trinajstić information content (AvgIpc) is 3.32. The van der Waals surface area contributed by atoms with E-state index in [4.69, 9.17) is 10.8 Å². The number of aromatic nitrogens is 2. The fraction of sp³-hybridized carbons (Fsp3) is 0.353. The third-order valence-corrected chi connectivity index (χ3v) is 8.09. The van der Waals surface area contributed by atoms with Crippen LogP contribution in [0.5, 0.6) is 0 Å². The van der Waals surface area contributed by atoms with Gasteiger partial charge >= 0.3 is 6.03 Å². The zero-order chi connectivity index (χ0) is 30.2. The molecule has 42 heavy (non-hydrogen) atoms. The Morgan fingerprint density at radius 3 is 2.26 bits per heavy atom. The Balaban J connectivity index is 1.62. The molecule has 1 aromatic heterocycles. The summed E-state index contributed by atoms with van der Waals surface area (Å²) in [5.41, 5.74) is 12.9. The number of anilines is 1. The van der Waals surface area contributed by atoms with Gasteiger partial charge in [0.05, 0.1) is 22.8 Å². The fourth-order valence-electron chi connectivity index (χ4n) is 5.82. The van der Waals surface area contributed by atoms with E-state index in [1.807, 2.05) is 10.7 Å². The number of nitrogens with two attached hydrogens (primary N) is 1. The van der Waals surface area contributed by atoms with Crippen LogP contribution >= 0.6 is 0 Å². The van der Waals surface area contributed by atoms with Gasteiger partial charge in [0.2, 0.25) is 0 Å². The van der Waals surface area contributed by atoms with Crippen molar-refractivity contribution in [1.82, 2.24) is 14.7 Å². The Kier molecular flexibility index (Phi) is 8.19. The molecule has 4 aromatic rings. The van der Waals surface area contributed by atoms with E-state index in [-0.39, 0.29) is 16.7 Å². The number of benzene rings is 3. The molecule has 0 aliphatic carbocycles. The van der Waals surface area contributed by atoms with Crippen LogP contribution in [0.4, 0.5) is 19.3 Å². The molecule has 0 radical (unpaired) electrons. The molecule has 2 amide bonds. The molecule has 0 bridgehead atoms. The summed E-state index contributed by atoms with van der Waals surface area (Å²) in [6.07, 6.45) is 2.22. The quantitative estimate of drug-likeness (QED) is 0.245. The minimum Gasteiger partial charge on any atom is -0.351 e. The van der Waals surface area contributed by atoms with Crippen LogP contribution in [0.1, 0.15) is 68.1 Å². The Labute approximate surface area is 246 Å². The number of amides is 2. The summed E-state index contributed by atoms with van der Waals surface area (Å²) in [5.74, 6) is -1.43. The van der Waals surface area contributed by atoms with Crippen molar-refractivity contribution >= 4 is 11.7 Å². The van der Waals surface area contributed by atoms with Gasteiger partial charge in [-0.25, -0.2) is 18.3 Å². The number of nitrogens with zero attached hydrogens (tertiary/aromatic N) is 3. The second-order valence-corrected chi connectivity index (χ2v) is 12.0. The monoisotopic (exact) mass is 571 g/mol. The van der Waals surface area contributed by atoms with Gasteiger partial charge in [-0.15, -0.1) is 0 Å². The Hall–Kier alpha value is -4.04. The van der Waals surface area contributed by atoms with Crippen molar-refractivity contribution in [3.63, 3.8) is 0 Å². The Bertz CT molecular complexity index is 1600. The molecule has 0 saturated heterocycles. The van der Waals surface area contributed by atoms with Gasteiger partial charge < -0.3 is 11.1 Å². The highest BCUT2D eigenvalue weighted by atomic mass is 19.1. The first-order valence-electron chi connectivity index (χ1n) is 14.6. The Morgan fingerprint density at radius 1 is 1.00 bits per heavy atom. The van der Waals surface area contributed by atoms with E-state index in [0.29, 0.717) is 18.7 Å². The zero-order valence-corrected chi connectivity index (χ0v) is 25.0. The van der Waals surface area contributed by atoms with E-state index < -0.39 is 17.7 Å². The minimum atomic E-state index is -0.959. The molecule has 0 saturated carbocycles. The molecule has 0 atom stereocenters. The van der Waals surface area contributed by atoms with E-state index in [9.17, 15) is 4.79 Å². The number of urea groups is 1. The zero-order valence-electron chi connectivity index (χ0n) is 25.0. The van der Waals surface area contributed by atoms with E-state index >= 15 is 8.78 Å². The topological polar surface area (TPSA) is 76.2 Å². The first-order chi connectivity index (χ1) is 20.0. The predicted molar refractivity (Wildman–Crippen MR) is 164 cm³/mol. The molecule has 5 rings (SSSR count). The number of nitrogens with one attached hydrogen (secondary N) is 1. The standard InChI is InChI=1S/C34H39F2N5O/c1-6-22-9-8-10-23(7-2)31(22)41-32(25-17-28(36)30(18-27(25)35)38-33(37)42)26-20-40(16-15-29(26)39-41)19-21-11-13-24(14-12-21)34(3,4)5/h8-14,17-18H,6-7,15-16,19-20H2,1-5H3,(H3,37,38,42). The van der Waals surface area contributed by atoms with Gasteiger partial charge in [0.15, 0.2) is 0 Å². The number of hydrogen-bond donors (Lipinski definition) is 2. The lowest BCUT2D eigenvalue weighted by molar-refractivity contribution is 0.245. The molecular formula is C34H39F2N5O. The third kappa shape index (κ3) is 5.81. The van der Waals surface area contributed by atoms with Crippen LogP contribution in [-0.2, 0) is 37.8 Å². The second kappa shape index (κ2) is 11.7. The molecule has 1 aliphatic rings. The maximum absolute atomic E-state index is 15.8. The van der Waals surface area contributed by atoms with Crippen LogP contribution < -0.4 is 11.1 Å². The molecule has 8 heteroatoms. The molecule has 0 fully saturated rings. The fourth-order valence-corrected chi connectivity index (χ4v) is 5.82. The SMILES string of the molecule is CCc1cccc(CC)c1-n1nc2c(c1-c1cc(F)c(NC(N)=O)cc1F)CN(Cc1ccc(C(C)(C)C)cc1)CC2. The van der Waals surface area contributed by atoms with Crippen LogP contribution in [0.15, 0.2) is 54.6 Å². The third-order valence-electron chi connectivity index (χ3n) is 8.09. The van der Waals surface area contributed by atoms with Gasteiger partial charge in [-0.3, -0.25) is 4.90 Å². The van der Waals surface area contributed by atoms with Crippen molar-refractivity contribution in [3.05, 3.63) is 99.7 Å². The van der Waals surface area contributed by atoms with Crippen LogP contribution in [-0.4, -0.2) is 27.3 Å². The summed E-state index contributed by atoms with van der Waals surface area (Å²) in [6, 6.07) is 16.0. The van der Waals surface area contributed by atoms with Gasteiger partial charge in [-0.05, 0) is 46.6 Å².